The predicted molar refractivity (Wildman–Crippen MR) is 142 cm³/mol. The molecule has 6 heteroatoms. The van der Waals surface area contributed by atoms with Crippen LogP contribution in [0.4, 0.5) is 0 Å². The number of hydrogen-bond donors (Lipinski definition) is 3. The van der Waals surface area contributed by atoms with Gasteiger partial charge in [0.05, 0.1) is 0 Å². The molecule has 176 valence electrons. The van der Waals surface area contributed by atoms with E-state index in [-0.39, 0.29) is 5.78 Å². The summed E-state index contributed by atoms with van der Waals surface area (Å²) in [6, 6.07) is 16.2. The van der Waals surface area contributed by atoms with Crippen LogP contribution in [0.15, 0.2) is 75.9 Å². The van der Waals surface area contributed by atoms with Gasteiger partial charge in [-0.15, -0.1) is 11.8 Å². The second-order valence-corrected chi connectivity index (χ2v) is 9.70. The van der Waals surface area contributed by atoms with E-state index in [1.165, 1.54) is 16.5 Å². The van der Waals surface area contributed by atoms with E-state index in [0.717, 1.165) is 29.9 Å². The zero-order valence-corrected chi connectivity index (χ0v) is 21.3. The van der Waals surface area contributed by atoms with Gasteiger partial charge < -0.3 is 16.4 Å². The molecule has 0 aliphatic heterocycles. The Labute approximate surface area is 202 Å². The minimum atomic E-state index is -0.234. The van der Waals surface area contributed by atoms with Gasteiger partial charge in [0.1, 0.15) is 5.70 Å². The van der Waals surface area contributed by atoms with Gasteiger partial charge in [0.25, 0.3) is 0 Å². The molecule has 0 unspecified atom stereocenters. The first kappa shape index (κ1) is 26.4. The molecule has 0 atom stereocenters. The molecule has 0 aliphatic carbocycles. The van der Waals surface area contributed by atoms with Crippen molar-refractivity contribution in [2.24, 2.45) is 10.7 Å². The number of ketones is 1. The van der Waals surface area contributed by atoms with Crippen molar-refractivity contribution in [3.8, 4) is 0 Å². The third-order valence-electron chi connectivity index (χ3n) is 5.04. The standard InChI is InChI=1S/C27H36N4OS/c1-7-30-17-21-8-10-23(11-9-21)25(28)16-26(32)27(20(5)29-6)31-19(4)22-12-14-24(15-13-22)33-18(2)3/h8-16,18,29-30H,7,17,28H2,1-6H3/b25-16?,27-20-,31-19?. The average molecular weight is 465 g/mol. The number of rotatable bonds is 11. The van der Waals surface area contributed by atoms with E-state index in [1.54, 1.807) is 7.05 Å². The molecule has 0 saturated heterocycles. The molecular weight excluding hydrogens is 428 g/mol. The number of nitrogens with one attached hydrogen (secondary N) is 2. The molecule has 0 bridgehead atoms. The van der Waals surface area contributed by atoms with Crippen molar-refractivity contribution < 1.29 is 4.79 Å². The van der Waals surface area contributed by atoms with Crippen molar-refractivity contribution in [2.75, 3.05) is 13.6 Å². The SMILES string of the molecule is CCNCc1ccc(C(N)=CC(=O)/C(N=C(C)c2ccc(SC(C)C)cc2)=C(\C)NC)cc1. The molecule has 0 aliphatic rings. The summed E-state index contributed by atoms with van der Waals surface area (Å²) >= 11 is 1.82. The maximum absolute atomic E-state index is 13.1. The molecule has 0 radical (unpaired) electrons. The van der Waals surface area contributed by atoms with Crippen molar-refractivity contribution in [3.63, 3.8) is 0 Å². The predicted octanol–water partition coefficient (Wildman–Crippen LogP) is 5.13. The lowest BCUT2D eigenvalue weighted by Gasteiger charge is -2.10. The molecule has 0 spiro atoms. The van der Waals surface area contributed by atoms with Gasteiger partial charge in [-0.2, -0.15) is 0 Å². The summed E-state index contributed by atoms with van der Waals surface area (Å²) in [5.41, 5.74) is 11.4. The Morgan fingerprint density at radius 1 is 1.06 bits per heavy atom. The van der Waals surface area contributed by atoms with E-state index in [9.17, 15) is 4.79 Å². The van der Waals surface area contributed by atoms with Crippen LogP contribution in [0.2, 0.25) is 0 Å². The lowest BCUT2D eigenvalue weighted by molar-refractivity contribution is -0.111. The highest BCUT2D eigenvalue weighted by Crippen LogP contribution is 2.23. The first-order valence-electron chi connectivity index (χ1n) is 11.3. The second kappa shape index (κ2) is 13.0. The first-order chi connectivity index (χ1) is 15.7. The number of carbonyl (C=O) groups excluding carboxylic acids is 1. The number of hydrogen-bond acceptors (Lipinski definition) is 6. The van der Waals surface area contributed by atoms with Crippen molar-refractivity contribution in [2.45, 2.75) is 51.3 Å². The number of benzene rings is 2. The molecule has 33 heavy (non-hydrogen) atoms. The van der Waals surface area contributed by atoms with Crippen LogP contribution in [0.5, 0.6) is 0 Å². The zero-order valence-electron chi connectivity index (χ0n) is 20.5. The Morgan fingerprint density at radius 2 is 1.67 bits per heavy atom. The molecule has 2 aromatic rings. The highest BCUT2D eigenvalue weighted by Gasteiger charge is 2.13. The molecule has 4 N–H and O–H groups in total. The topological polar surface area (TPSA) is 79.5 Å². The van der Waals surface area contributed by atoms with Crippen LogP contribution < -0.4 is 16.4 Å². The van der Waals surface area contributed by atoms with Gasteiger partial charge in [-0.25, -0.2) is 4.99 Å². The van der Waals surface area contributed by atoms with Gasteiger partial charge >= 0.3 is 0 Å². The maximum Gasteiger partial charge on any atom is 0.208 e. The third-order valence-corrected chi connectivity index (χ3v) is 6.06. The van der Waals surface area contributed by atoms with Crippen LogP contribution in [0.1, 0.15) is 51.3 Å². The van der Waals surface area contributed by atoms with Gasteiger partial charge in [0.2, 0.25) is 5.78 Å². The number of allylic oxidation sites excluding steroid dienone is 2. The van der Waals surface area contributed by atoms with E-state index in [0.29, 0.717) is 22.3 Å². The second-order valence-electron chi connectivity index (χ2n) is 8.05. The molecule has 2 rings (SSSR count). The Kier molecular flexibility index (Phi) is 10.4. The van der Waals surface area contributed by atoms with E-state index >= 15 is 0 Å². The number of thioether (sulfide) groups is 1. The zero-order chi connectivity index (χ0) is 24.4. The molecule has 0 amide bonds. The van der Waals surface area contributed by atoms with Crippen LogP contribution in [0, 0.1) is 0 Å². The van der Waals surface area contributed by atoms with Crippen LogP contribution in [0.25, 0.3) is 5.70 Å². The molecule has 5 nitrogen and oxygen atoms in total. The quantitative estimate of drug-likeness (QED) is 0.244. The van der Waals surface area contributed by atoms with E-state index in [2.05, 4.69) is 48.5 Å². The minimum Gasteiger partial charge on any atom is -0.398 e. The van der Waals surface area contributed by atoms with Crippen molar-refractivity contribution in [3.05, 3.63) is 82.7 Å². The number of aliphatic imine (C=N–C) groups is 1. The lowest BCUT2D eigenvalue weighted by Crippen LogP contribution is -2.13. The fourth-order valence-electron chi connectivity index (χ4n) is 3.10. The van der Waals surface area contributed by atoms with Crippen LogP contribution in [-0.2, 0) is 11.3 Å². The minimum absolute atomic E-state index is 0.234. The largest absolute Gasteiger partial charge is 0.398 e. The summed E-state index contributed by atoms with van der Waals surface area (Å²) in [6.07, 6.45) is 1.45. The van der Waals surface area contributed by atoms with Gasteiger partial charge in [-0.3, -0.25) is 4.79 Å². The number of carbonyl (C=O) groups is 1. The monoisotopic (exact) mass is 464 g/mol. The van der Waals surface area contributed by atoms with Crippen molar-refractivity contribution in [1.82, 2.24) is 10.6 Å². The van der Waals surface area contributed by atoms with Crippen LogP contribution in [0.3, 0.4) is 0 Å². The fourth-order valence-corrected chi connectivity index (χ4v) is 3.94. The van der Waals surface area contributed by atoms with Crippen molar-refractivity contribution in [1.29, 1.82) is 0 Å². The third kappa shape index (κ3) is 8.22. The molecule has 0 heterocycles. The molecule has 0 saturated carbocycles. The average Bonchev–Trinajstić information content (AvgIpc) is 2.80. The Balaban J connectivity index is 2.26. The van der Waals surface area contributed by atoms with E-state index < -0.39 is 0 Å². The number of nitrogens with two attached hydrogens (primary N) is 1. The smallest absolute Gasteiger partial charge is 0.208 e. The normalized spacial score (nSPS) is 13.2. The lowest BCUT2D eigenvalue weighted by atomic mass is 10.1. The summed E-state index contributed by atoms with van der Waals surface area (Å²) < 4.78 is 0. The van der Waals surface area contributed by atoms with Gasteiger partial charge in [0, 0.05) is 46.9 Å². The van der Waals surface area contributed by atoms with Crippen LogP contribution in [-0.4, -0.2) is 30.3 Å². The molecular formula is C27H36N4OS. The highest BCUT2D eigenvalue weighted by atomic mass is 32.2. The Morgan fingerprint density at radius 3 is 2.21 bits per heavy atom. The summed E-state index contributed by atoms with van der Waals surface area (Å²) in [5.74, 6) is -0.234. The molecule has 2 aromatic carbocycles. The highest BCUT2D eigenvalue weighted by molar-refractivity contribution is 7.99. The molecule has 0 aromatic heterocycles. The maximum atomic E-state index is 13.1. The van der Waals surface area contributed by atoms with Gasteiger partial charge in [0.15, 0.2) is 0 Å². The Bertz CT molecular complexity index is 1020. The van der Waals surface area contributed by atoms with Crippen LogP contribution >= 0.6 is 11.8 Å². The van der Waals surface area contributed by atoms with E-state index in [1.807, 2.05) is 62.0 Å². The molecule has 0 fully saturated rings. The first-order valence-corrected chi connectivity index (χ1v) is 12.2. The van der Waals surface area contributed by atoms with Crippen molar-refractivity contribution >= 4 is 29.0 Å². The summed E-state index contributed by atoms with van der Waals surface area (Å²) in [4.78, 5) is 19.0. The summed E-state index contributed by atoms with van der Waals surface area (Å²) in [7, 11) is 1.78. The summed E-state index contributed by atoms with van der Waals surface area (Å²) in [5, 5.41) is 6.86. The summed E-state index contributed by atoms with van der Waals surface area (Å²) in [6.45, 7) is 11.9. The number of nitrogens with zero attached hydrogens (tertiary/aromatic N) is 1. The Hall–Kier alpha value is -2.83. The van der Waals surface area contributed by atoms with Gasteiger partial charge in [-0.05, 0) is 49.2 Å². The van der Waals surface area contributed by atoms with Gasteiger partial charge in [-0.1, -0.05) is 57.2 Å². The fraction of sp³-hybridized carbons (Fsp3) is 0.333. The van der Waals surface area contributed by atoms with E-state index in [4.69, 9.17) is 5.73 Å².